The number of hydrogen-bond donors (Lipinski definition) is 0. The lowest BCUT2D eigenvalue weighted by atomic mass is 9.77. The molecule has 2 heteroatoms. The van der Waals surface area contributed by atoms with Crippen molar-refractivity contribution in [1.29, 1.82) is 0 Å². The van der Waals surface area contributed by atoms with Crippen molar-refractivity contribution in [2.24, 2.45) is 5.92 Å². The van der Waals surface area contributed by atoms with Crippen LogP contribution in [0.25, 0.3) is 0 Å². The van der Waals surface area contributed by atoms with Crippen molar-refractivity contribution in [2.45, 2.75) is 77.6 Å². The summed E-state index contributed by atoms with van der Waals surface area (Å²) in [6.07, 6.45) is 13.8. The molecule has 1 aliphatic rings. The van der Waals surface area contributed by atoms with Gasteiger partial charge in [-0.2, -0.15) is 0 Å². The summed E-state index contributed by atoms with van der Waals surface area (Å²) < 4.78 is 5.56. The monoisotopic (exact) mass is 389 g/mol. The Morgan fingerprint density at radius 3 is 2.34 bits per heavy atom. The minimum absolute atomic E-state index is 0.722. The predicted molar refractivity (Wildman–Crippen MR) is 121 cm³/mol. The Morgan fingerprint density at radius 2 is 1.69 bits per heavy atom. The number of pyridine rings is 1. The largest absolute Gasteiger partial charge is 0.492 e. The van der Waals surface area contributed by atoms with E-state index >= 15 is 0 Å². The molecule has 1 heterocycles. The molecule has 0 saturated heterocycles. The Kier molecular flexibility index (Phi) is 8.62. The van der Waals surface area contributed by atoms with Gasteiger partial charge in [0.05, 0.1) is 12.8 Å². The van der Waals surface area contributed by atoms with Gasteiger partial charge >= 0.3 is 0 Å². The molecule has 1 aromatic heterocycles. The molecule has 1 saturated carbocycles. The summed E-state index contributed by atoms with van der Waals surface area (Å²) in [7, 11) is 0. The summed E-state index contributed by atoms with van der Waals surface area (Å²) in [5.74, 6) is 8.90. The van der Waals surface area contributed by atoms with E-state index < -0.39 is 0 Å². The van der Waals surface area contributed by atoms with Gasteiger partial charge < -0.3 is 4.74 Å². The first-order chi connectivity index (χ1) is 14.3. The van der Waals surface area contributed by atoms with Crippen LogP contribution < -0.4 is 4.74 Å². The van der Waals surface area contributed by atoms with Crippen LogP contribution >= 0.6 is 0 Å². The molecule has 0 amide bonds. The number of ether oxygens (including phenoxy) is 1. The minimum Gasteiger partial charge on any atom is -0.492 e. The third-order valence-corrected chi connectivity index (χ3v) is 5.99. The molecule has 0 bridgehead atoms. The van der Waals surface area contributed by atoms with E-state index in [4.69, 9.17) is 4.74 Å². The first-order valence-electron chi connectivity index (χ1n) is 11.5. The molecule has 0 N–H and O–H groups in total. The third kappa shape index (κ3) is 6.93. The highest BCUT2D eigenvalue weighted by Gasteiger charge is 2.21. The topological polar surface area (TPSA) is 22.1 Å². The SMILES string of the molecule is CCCCC[C@H]1CC[C@H](c2ccc(C#Cc3ccc(OCCC)cn3)cc2)CC1. The van der Waals surface area contributed by atoms with Crippen molar-refractivity contribution in [3.63, 3.8) is 0 Å². The second kappa shape index (κ2) is 11.7. The predicted octanol–water partition coefficient (Wildman–Crippen LogP) is 7.12. The Morgan fingerprint density at radius 1 is 0.897 bits per heavy atom. The summed E-state index contributed by atoms with van der Waals surface area (Å²) in [6.45, 7) is 5.11. The zero-order valence-corrected chi connectivity index (χ0v) is 18.1. The van der Waals surface area contributed by atoms with E-state index in [2.05, 4.69) is 54.9 Å². The second-order valence-corrected chi connectivity index (χ2v) is 8.31. The van der Waals surface area contributed by atoms with Gasteiger partial charge in [-0.15, -0.1) is 0 Å². The number of rotatable bonds is 8. The van der Waals surface area contributed by atoms with Crippen molar-refractivity contribution in [2.75, 3.05) is 6.61 Å². The van der Waals surface area contributed by atoms with Crippen LogP contribution in [-0.2, 0) is 0 Å². The van der Waals surface area contributed by atoms with Gasteiger partial charge in [0.25, 0.3) is 0 Å². The third-order valence-electron chi connectivity index (χ3n) is 5.99. The number of aromatic nitrogens is 1. The molecule has 1 fully saturated rings. The quantitative estimate of drug-likeness (QED) is 0.354. The van der Waals surface area contributed by atoms with E-state index in [0.29, 0.717) is 0 Å². The maximum atomic E-state index is 5.56. The van der Waals surface area contributed by atoms with Gasteiger partial charge in [-0.3, -0.25) is 0 Å². The highest BCUT2D eigenvalue weighted by atomic mass is 16.5. The van der Waals surface area contributed by atoms with E-state index in [1.807, 2.05) is 12.1 Å². The number of nitrogens with zero attached hydrogens (tertiary/aromatic N) is 1. The molecular formula is C27H35NO. The summed E-state index contributed by atoms with van der Waals surface area (Å²) in [5.41, 5.74) is 3.31. The van der Waals surface area contributed by atoms with E-state index in [9.17, 15) is 0 Å². The zero-order valence-electron chi connectivity index (χ0n) is 18.1. The normalized spacial score (nSPS) is 18.7. The molecule has 2 aromatic rings. The van der Waals surface area contributed by atoms with Gasteiger partial charge in [0, 0.05) is 5.56 Å². The van der Waals surface area contributed by atoms with Crippen molar-refractivity contribution in [3.8, 4) is 17.6 Å². The number of unbranched alkanes of at least 4 members (excludes halogenated alkanes) is 2. The molecule has 0 radical (unpaired) electrons. The maximum absolute atomic E-state index is 5.56. The summed E-state index contributed by atoms with van der Waals surface area (Å²) in [6, 6.07) is 12.7. The summed E-state index contributed by atoms with van der Waals surface area (Å²) in [4.78, 5) is 4.37. The highest BCUT2D eigenvalue weighted by molar-refractivity contribution is 5.42. The highest BCUT2D eigenvalue weighted by Crippen LogP contribution is 2.37. The fourth-order valence-corrected chi connectivity index (χ4v) is 4.20. The van der Waals surface area contributed by atoms with Crippen LogP contribution in [0.15, 0.2) is 42.6 Å². The van der Waals surface area contributed by atoms with Gasteiger partial charge in [-0.25, -0.2) is 4.98 Å². The average Bonchev–Trinajstić information content (AvgIpc) is 2.78. The summed E-state index contributed by atoms with van der Waals surface area (Å²) in [5, 5.41) is 0. The fraction of sp³-hybridized carbons (Fsp3) is 0.519. The lowest BCUT2D eigenvalue weighted by Gasteiger charge is -2.29. The van der Waals surface area contributed by atoms with Gasteiger partial charge in [-0.1, -0.05) is 57.6 Å². The molecule has 1 aliphatic carbocycles. The Hall–Kier alpha value is -2.27. The van der Waals surface area contributed by atoms with Crippen LogP contribution in [0.2, 0.25) is 0 Å². The van der Waals surface area contributed by atoms with Crippen LogP contribution in [0.4, 0.5) is 0 Å². The van der Waals surface area contributed by atoms with Crippen LogP contribution in [-0.4, -0.2) is 11.6 Å². The van der Waals surface area contributed by atoms with Gasteiger partial charge in [0.2, 0.25) is 0 Å². The molecule has 3 rings (SSSR count). The smallest absolute Gasteiger partial charge is 0.137 e. The standard InChI is InChI=1S/C27H35NO/c1-3-5-6-7-22-8-13-24(14-9-22)25-15-10-23(11-16-25)12-17-26-18-19-27(21-28-26)29-20-4-2/h10-11,15-16,18-19,21-22,24H,3-9,13-14,20H2,1-2H3/t22-,24-. The molecular weight excluding hydrogens is 354 g/mol. The van der Waals surface area contributed by atoms with Gasteiger partial charge in [-0.05, 0) is 79.7 Å². The molecule has 0 aliphatic heterocycles. The zero-order chi connectivity index (χ0) is 20.3. The van der Waals surface area contributed by atoms with Crippen LogP contribution in [0, 0.1) is 17.8 Å². The van der Waals surface area contributed by atoms with Crippen molar-refractivity contribution < 1.29 is 4.74 Å². The second-order valence-electron chi connectivity index (χ2n) is 8.31. The Labute approximate surface area is 177 Å². The van der Waals surface area contributed by atoms with Crippen LogP contribution in [0.3, 0.4) is 0 Å². The molecule has 0 spiro atoms. The Bertz CT molecular complexity index is 774. The molecule has 29 heavy (non-hydrogen) atoms. The average molecular weight is 390 g/mol. The van der Waals surface area contributed by atoms with E-state index in [1.165, 1.54) is 56.9 Å². The van der Waals surface area contributed by atoms with Crippen molar-refractivity contribution >= 4 is 0 Å². The summed E-state index contributed by atoms with van der Waals surface area (Å²) >= 11 is 0. The number of hydrogen-bond acceptors (Lipinski definition) is 2. The van der Waals surface area contributed by atoms with E-state index in [0.717, 1.165) is 41.9 Å². The minimum atomic E-state index is 0.722. The maximum Gasteiger partial charge on any atom is 0.137 e. The Balaban J connectivity index is 1.50. The molecule has 0 unspecified atom stereocenters. The first kappa shape index (κ1) is 21.4. The number of benzene rings is 1. The molecule has 0 atom stereocenters. The van der Waals surface area contributed by atoms with E-state index in [-0.39, 0.29) is 0 Å². The first-order valence-corrected chi connectivity index (χ1v) is 11.5. The van der Waals surface area contributed by atoms with E-state index in [1.54, 1.807) is 6.20 Å². The van der Waals surface area contributed by atoms with Crippen molar-refractivity contribution in [1.82, 2.24) is 4.98 Å². The van der Waals surface area contributed by atoms with Crippen molar-refractivity contribution in [3.05, 3.63) is 59.4 Å². The van der Waals surface area contributed by atoms with Gasteiger partial charge in [0.15, 0.2) is 0 Å². The lowest BCUT2D eigenvalue weighted by molar-refractivity contribution is 0.303. The van der Waals surface area contributed by atoms with Gasteiger partial charge in [0.1, 0.15) is 11.4 Å². The van der Waals surface area contributed by atoms with Crippen LogP contribution in [0.5, 0.6) is 5.75 Å². The molecule has 2 nitrogen and oxygen atoms in total. The molecule has 1 aromatic carbocycles. The molecule has 154 valence electrons. The lowest BCUT2D eigenvalue weighted by Crippen LogP contribution is -2.13. The fourth-order valence-electron chi connectivity index (χ4n) is 4.20. The van der Waals surface area contributed by atoms with Crippen LogP contribution in [0.1, 0.15) is 94.4 Å².